The molecule has 5 nitrogen and oxygen atoms in total. The van der Waals surface area contributed by atoms with E-state index in [4.69, 9.17) is 4.74 Å². The monoisotopic (exact) mass is 285 g/mol. The number of aromatic nitrogens is 2. The Balaban J connectivity index is 2.07. The van der Waals surface area contributed by atoms with Crippen LogP contribution in [0.4, 0.5) is 5.69 Å². The lowest BCUT2D eigenvalue weighted by molar-refractivity contribution is -0.118. The SMILES string of the molecule is Cc1cc(C)nc(Oc2ccc(NC(=O)C(C)C)cc2)n1. The van der Waals surface area contributed by atoms with Gasteiger partial charge in [0.25, 0.3) is 0 Å². The standard InChI is InChI=1S/C16H19N3O2/c1-10(2)15(20)19-13-5-7-14(8-6-13)21-16-17-11(3)9-12(4)18-16/h5-10H,1-4H3,(H,19,20). The van der Waals surface area contributed by atoms with Gasteiger partial charge in [-0.1, -0.05) is 13.8 Å². The first-order valence-corrected chi connectivity index (χ1v) is 6.85. The molecule has 0 spiro atoms. The lowest BCUT2D eigenvalue weighted by Gasteiger charge is -2.09. The number of hydrogen-bond acceptors (Lipinski definition) is 4. The van der Waals surface area contributed by atoms with Gasteiger partial charge in [0.05, 0.1) is 0 Å². The molecule has 0 radical (unpaired) electrons. The predicted octanol–water partition coefficient (Wildman–Crippen LogP) is 3.48. The van der Waals surface area contributed by atoms with Crippen LogP contribution >= 0.6 is 0 Å². The number of benzene rings is 1. The number of amides is 1. The lowest BCUT2D eigenvalue weighted by atomic mass is 10.2. The number of carbonyl (C=O) groups is 1. The van der Waals surface area contributed by atoms with E-state index in [1.54, 1.807) is 24.3 Å². The molecule has 110 valence electrons. The molecule has 0 atom stereocenters. The van der Waals surface area contributed by atoms with Crippen molar-refractivity contribution < 1.29 is 9.53 Å². The maximum absolute atomic E-state index is 11.6. The third kappa shape index (κ3) is 4.27. The van der Waals surface area contributed by atoms with E-state index < -0.39 is 0 Å². The van der Waals surface area contributed by atoms with Crippen molar-refractivity contribution in [3.63, 3.8) is 0 Å². The van der Waals surface area contributed by atoms with E-state index in [1.165, 1.54) is 0 Å². The fraction of sp³-hybridized carbons (Fsp3) is 0.312. The van der Waals surface area contributed by atoms with Gasteiger partial charge in [-0.15, -0.1) is 0 Å². The van der Waals surface area contributed by atoms with Gasteiger partial charge >= 0.3 is 6.01 Å². The zero-order valence-corrected chi connectivity index (χ0v) is 12.7. The van der Waals surface area contributed by atoms with E-state index >= 15 is 0 Å². The summed E-state index contributed by atoms with van der Waals surface area (Å²) in [6.45, 7) is 7.49. The molecule has 1 N–H and O–H groups in total. The first kappa shape index (κ1) is 15.0. The quantitative estimate of drug-likeness (QED) is 0.934. The van der Waals surface area contributed by atoms with Crippen LogP contribution in [0.5, 0.6) is 11.8 Å². The van der Waals surface area contributed by atoms with Crippen LogP contribution < -0.4 is 10.1 Å². The average molecular weight is 285 g/mol. The van der Waals surface area contributed by atoms with Crippen molar-refractivity contribution in [2.45, 2.75) is 27.7 Å². The van der Waals surface area contributed by atoms with Gasteiger partial charge < -0.3 is 10.1 Å². The minimum atomic E-state index is -0.0513. The molecule has 0 saturated heterocycles. The van der Waals surface area contributed by atoms with Crippen LogP contribution in [0.3, 0.4) is 0 Å². The van der Waals surface area contributed by atoms with Crippen molar-refractivity contribution in [2.24, 2.45) is 5.92 Å². The largest absolute Gasteiger partial charge is 0.424 e. The van der Waals surface area contributed by atoms with E-state index in [-0.39, 0.29) is 11.8 Å². The van der Waals surface area contributed by atoms with Crippen LogP contribution in [0.25, 0.3) is 0 Å². The number of hydrogen-bond donors (Lipinski definition) is 1. The molecular formula is C16H19N3O2. The number of aryl methyl sites for hydroxylation is 2. The summed E-state index contributed by atoms with van der Waals surface area (Å²) in [5, 5.41) is 2.82. The molecule has 0 unspecified atom stereocenters. The molecule has 21 heavy (non-hydrogen) atoms. The zero-order valence-electron chi connectivity index (χ0n) is 12.7. The smallest absolute Gasteiger partial charge is 0.322 e. The fourth-order valence-electron chi connectivity index (χ4n) is 1.74. The van der Waals surface area contributed by atoms with Crippen molar-refractivity contribution >= 4 is 11.6 Å². The van der Waals surface area contributed by atoms with Crippen molar-refractivity contribution in [3.8, 4) is 11.8 Å². The second kappa shape index (κ2) is 6.35. The van der Waals surface area contributed by atoms with E-state index in [2.05, 4.69) is 15.3 Å². The van der Waals surface area contributed by atoms with Crippen LogP contribution in [0.15, 0.2) is 30.3 Å². The highest BCUT2D eigenvalue weighted by Gasteiger charge is 2.07. The van der Waals surface area contributed by atoms with Gasteiger partial charge in [-0.2, -0.15) is 0 Å². The maximum atomic E-state index is 11.6. The molecule has 0 aliphatic rings. The van der Waals surface area contributed by atoms with Crippen LogP contribution in [0.1, 0.15) is 25.2 Å². The minimum Gasteiger partial charge on any atom is -0.424 e. The van der Waals surface area contributed by atoms with Gasteiger partial charge in [0.15, 0.2) is 0 Å². The molecule has 0 aliphatic heterocycles. The summed E-state index contributed by atoms with van der Waals surface area (Å²) < 4.78 is 5.61. The third-order valence-electron chi connectivity index (χ3n) is 2.82. The topological polar surface area (TPSA) is 64.1 Å². The van der Waals surface area contributed by atoms with Gasteiger partial charge in [-0.25, -0.2) is 9.97 Å². The highest BCUT2D eigenvalue weighted by atomic mass is 16.5. The summed E-state index contributed by atoms with van der Waals surface area (Å²) in [6, 6.07) is 9.34. The molecule has 1 aromatic carbocycles. The molecule has 0 saturated carbocycles. The highest BCUT2D eigenvalue weighted by molar-refractivity contribution is 5.92. The molecule has 1 heterocycles. The van der Waals surface area contributed by atoms with Crippen LogP contribution in [-0.2, 0) is 4.79 Å². The fourth-order valence-corrected chi connectivity index (χ4v) is 1.74. The second-order valence-corrected chi connectivity index (χ2v) is 5.20. The summed E-state index contributed by atoms with van der Waals surface area (Å²) >= 11 is 0. The number of nitrogens with one attached hydrogen (secondary N) is 1. The summed E-state index contributed by atoms with van der Waals surface area (Å²) in [7, 11) is 0. The first-order valence-electron chi connectivity index (χ1n) is 6.85. The first-order chi connectivity index (χ1) is 9.94. The number of nitrogens with zero attached hydrogens (tertiary/aromatic N) is 2. The normalized spacial score (nSPS) is 10.5. The molecule has 1 amide bonds. The molecule has 1 aromatic heterocycles. The molecule has 0 fully saturated rings. The van der Waals surface area contributed by atoms with Crippen LogP contribution in [-0.4, -0.2) is 15.9 Å². The molecule has 2 aromatic rings. The van der Waals surface area contributed by atoms with Crippen molar-refractivity contribution in [2.75, 3.05) is 5.32 Å². The zero-order chi connectivity index (χ0) is 15.4. The Bertz CT molecular complexity index is 616. The number of rotatable bonds is 4. The van der Waals surface area contributed by atoms with Gasteiger partial charge in [-0.05, 0) is 44.2 Å². The van der Waals surface area contributed by atoms with Crippen molar-refractivity contribution in [1.82, 2.24) is 9.97 Å². The molecule has 0 bridgehead atoms. The Labute approximate surface area is 124 Å². The van der Waals surface area contributed by atoms with Crippen LogP contribution in [0, 0.1) is 19.8 Å². The highest BCUT2D eigenvalue weighted by Crippen LogP contribution is 2.21. The van der Waals surface area contributed by atoms with Crippen LogP contribution in [0.2, 0.25) is 0 Å². The van der Waals surface area contributed by atoms with Gasteiger partial charge in [0, 0.05) is 23.0 Å². The Kier molecular flexibility index (Phi) is 4.52. The van der Waals surface area contributed by atoms with E-state index in [1.807, 2.05) is 33.8 Å². The van der Waals surface area contributed by atoms with E-state index in [9.17, 15) is 4.79 Å². The van der Waals surface area contributed by atoms with Gasteiger partial charge in [-0.3, -0.25) is 4.79 Å². The van der Waals surface area contributed by atoms with Crippen molar-refractivity contribution in [1.29, 1.82) is 0 Å². The Morgan fingerprint density at radius 3 is 2.19 bits per heavy atom. The minimum absolute atomic E-state index is 0.0127. The third-order valence-corrected chi connectivity index (χ3v) is 2.82. The average Bonchev–Trinajstić information content (AvgIpc) is 2.39. The Hall–Kier alpha value is -2.43. The number of ether oxygens (including phenoxy) is 1. The maximum Gasteiger partial charge on any atom is 0.322 e. The Morgan fingerprint density at radius 1 is 1.10 bits per heavy atom. The summed E-state index contributed by atoms with van der Waals surface area (Å²) in [6.07, 6.45) is 0. The Morgan fingerprint density at radius 2 is 1.67 bits per heavy atom. The van der Waals surface area contributed by atoms with Crippen molar-refractivity contribution in [3.05, 3.63) is 41.7 Å². The summed E-state index contributed by atoms with van der Waals surface area (Å²) in [5.41, 5.74) is 2.46. The number of anilines is 1. The number of carbonyl (C=O) groups excluding carboxylic acids is 1. The van der Waals surface area contributed by atoms with Gasteiger partial charge in [0.2, 0.25) is 5.91 Å². The second-order valence-electron chi connectivity index (χ2n) is 5.20. The molecule has 0 aliphatic carbocycles. The summed E-state index contributed by atoms with van der Waals surface area (Å²) in [4.78, 5) is 20.0. The lowest BCUT2D eigenvalue weighted by Crippen LogP contribution is -2.17. The van der Waals surface area contributed by atoms with E-state index in [0.29, 0.717) is 11.8 Å². The molecular weight excluding hydrogens is 266 g/mol. The summed E-state index contributed by atoms with van der Waals surface area (Å²) in [5.74, 6) is 0.563. The van der Waals surface area contributed by atoms with E-state index in [0.717, 1.165) is 17.1 Å². The molecule has 2 rings (SSSR count). The predicted molar refractivity (Wildman–Crippen MR) is 81.5 cm³/mol. The molecule has 5 heteroatoms. The van der Waals surface area contributed by atoms with Gasteiger partial charge in [0.1, 0.15) is 5.75 Å².